The van der Waals surface area contributed by atoms with Crippen LogP contribution in [0.1, 0.15) is 12.8 Å². The second-order valence-corrected chi connectivity index (χ2v) is 8.29. The Morgan fingerprint density at radius 2 is 2.26 bits per heavy atom. The van der Waals surface area contributed by atoms with Crippen LogP contribution < -0.4 is 10.1 Å². The summed E-state index contributed by atoms with van der Waals surface area (Å²) in [5.41, 5.74) is 0. The van der Waals surface area contributed by atoms with Crippen molar-refractivity contribution < 1.29 is 22.3 Å². The predicted octanol–water partition coefficient (Wildman–Crippen LogP) is 1.51. The van der Waals surface area contributed by atoms with Crippen LogP contribution in [0, 0.1) is 5.82 Å². The van der Waals surface area contributed by atoms with E-state index in [4.69, 9.17) is 4.74 Å². The van der Waals surface area contributed by atoms with Crippen LogP contribution >= 0.6 is 15.9 Å². The Morgan fingerprint density at radius 3 is 2.91 bits per heavy atom. The molecular formula is C14H18BrFN2O4S. The molecular weight excluding hydrogens is 391 g/mol. The van der Waals surface area contributed by atoms with Crippen molar-refractivity contribution in [2.45, 2.75) is 18.9 Å². The zero-order valence-corrected chi connectivity index (χ0v) is 15.0. The fraction of sp³-hybridized carbons (Fsp3) is 0.500. The number of hydrogen-bond donors (Lipinski definition) is 1. The summed E-state index contributed by atoms with van der Waals surface area (Å²) >= 11 is 3.14. The first-order chi connectivity index (χ1) is 10.8. The van der Waals surface area contributed by atoms with Gasteiger partial charge in [-0.25, -0.2) is 17.1 Å². The highest BCUT2D eigenvalue weighted by molar-refractivity contribution is 9.10. The van der Waals surface area contributed by atoms with Gasteiger partial charge >= 0.3 is 0 Å². The van der Waals surface area contributed by atoms with Crippen molar-refractivity contribution in [1.29, 1.82) is 0 Å². The first kappa shape index (κ1) is 18.2. The molecule has 0 bridgehead atoms. The number of nitrogens with one attached hydrogen (secondary N) is 1. The molecule has 1 saturated heterocycles. The Hall–Kier alpha value is -1.19. The van der Waals surface area contributed by atoms with Gasteiger partial charge in [0.2, 0.25) is 10.0 Å². The summed E-state index contributed by atoms with van der Waals surface area (Å²) in [6.45, 7) is 0.386. The normalized spacial score (nSPS) is 19.3. The van der Waals surface area contributed by atoms with Gasteiger partial charge < -0.3 is 10.1 Å². The summed E-state index contributed by atoms with van der Waals surface area (Å²) < 4.78 is 43.7. The SMILES string of the molecule is CS(=O)(=O)N1CCCC(NC(=O)COc2ccc(Br)cc2F)C1. The van der Waals surface area contributed by atoms with E-state index in [0.717, 1.165) is 6.26 Å². The Morgan fingerprint density at radius 1 is 1.52 bits per heavy atom. The van der Waals surface area contributed by atoms with Crippen LogP contribution in [-0.2, 0) is 14.8 Å². The lowest BCUT2D eigenvalue weighted by Crippen LogP contribution is -2.50. The molecule has 1 aliphatic heterocycles. The van der Waals surface area contributed by atoms with Crippen LogP contribution in [0.25, 0.3) is 0 Å². The maximum Gasteiger partial charge on any atom is 0.258 e. The maximum atomic E-state index is 13.6. The number of halogens is 2. The molecule has 1 aromatic carbocycles. The maximum absolute atomic E-state index is 13.6. The van der Waals surface area contributed by atoms with E-state index in [1.807, 2.05) is 0 Å². The molecule has 1 amide bonds. The van der Waals surface area contributed by atoms with Crippen molar-refractivity contribution in [3.8, 4) is 5.75 Å². The van der Waals surface area contributed by atoms with Crippen molar-refractivity contribution >= 4 is 31.9 Å². The largest absolute Gasteiger partial charge is 0.481 e. The summed E-state index contributed by atoms with van der Waals surface area (Å²) in [5, 5.41) is 2.72. The summed E-state index contributed by atoms with van der Waals surface area (Å²) in [6.07, 6.45) is 2.53. The van der Waals surface area contributed by atoms with Gasteiger partial charge in [0.05, 0.1) is 6.26 Å². The molecule has 0 saturated carbocycles. The zero-order chi connectivity index (χ0) is 17.0. The van der Waals surface area contributed by atoms with Crippen LogP contribution in [0.2, 0.25) is 0 Å². The molecule has 1 aliphatic rings. The van der Waals surface area contributed by atoms with Crippen LogP contribution in [-0.4, -0.2) is 50.6 Å². The second-order valence-electron chi connectivity index (χ2n) is 5.39. The fourth-order valence-electron chi connectivity index (χ4n) is 2.37. The van der Waals surface area contributed by atoms with Gasteiger partial charge in [-0.2, -0.15) is 0 Å². The average molecular weight is 409 g/mol. The number of carbonyl (C=O) groups excluding carboxylic acids is 1. The number of amides is 1. The number of rotatable bonds is 5. The molecule has 23 heavy (non-hydrogen) atoms. The molecule has 1 atom stereocenters. The molecule has 1 heterocycles. The van der Waals surface area contributed by atoms with Gasteiger partial charge in [0.1, 0.15) is 0 Å². The standard InChI is InChI=1S/C14H18BrFN2O4S/c1-23(20,21)18-6-2-3-11(8-18)17-14(19)9-22-13-5-4-10(15)7-12(13)16/h4-5,7,11H,2-3,6,8-9H2,1H3,(H,17,19). The Balaban J connectivity index is 1.85. The van der Waals surface area contributed by atoms with Gasteiger partial charge in [0, 0.05) is 23.6 Å². The van der Waals surface area contributed by atoms with E-state index >= 15 is 0 Å². The highest BCUT2D eigenvalue weighted by Gasteiger charge is 2.26. The van der Waals surface area contributed by atoms with Crippen LogP contribution in [0.5, 0.6) is 5.75 Å². The smallest absolute Gasteiger partial charge is 0.258 e. The molecule has 1 unspecified atom stereocenters. The number of hydrogen-bond acceptors (Lipinski definition) is 4. The molecule has 1 fully saturated rings. The number of benzene rings is 1. The number of nitrogens with zero attached hydrogens (tertiary/aromatic N) is 1. The van der Waals surface area contributed by atoms with E-state index in [2.05, 4.69) is 21.2 Å². The van der Waals surface area contributed by atoms with Gasteiger partial charge in [-0.05, 0) is 31.0 Å². The van der Waals surface area contributed by atoms with Gasteiger partial charge in [-0.3, -0.25) is 4.79 Å². The highest BCUT2D eigenvalue weighted by Crippen LogP contribution is 2.21. The number of piperidine rings is 1. The lowest BCUT2D eigenvalue weighted by atomic mass is 10.1. The first-order valence-corrected chi connectivity index (χ1v) is 9.72. The fourth-order valence-corrected chi connectivity index (χ4v) is 3.61. The summed E-state index contributed by atoms with van der Waals surface area (Å²) in [5.74, 6) is -0.981. The molecule has 0 spiro atoms. The lowest BCUT2D eigenvalue weighted by Gasteiger charge is -2.31. The summed E-state index contributed by atoms with van der Waals surface area (Å²) in [7, 11) is -3.26. The number of carbonyl (C=O) groups is 1. The van der Waals surface area contributed by atoms with E-state index in [0.29, 0.717) is 23.9 Å². The van der Waals surface area contributed by atoms with E-state index in [1.165, 1.54) is 16.4 Å². The van der Waals surface area contributed by atoms with Crippen LogP contribution in [0.4, 0.5) is 4.39 Å². The van der Waals surface area contributed by atoms with Crippen molar-refractivity contribution in [3.63, 3.8) is 0 Å². The van der Waals surface area contributed by atoms with E-state index in [-0.39, 0.29) is 24.9 Å². The van der Waals surface area contributed by atoms with Crippen molar-refractivity contribution in [2.24, 2.45) is 0 Å². The molecule has 1 N–H and O–H groups in total. The summed E-state index contributed by atoms with van der Waals surface area (Å²) in [4.78, 5) is 11.9. The van der Waals surface area contributed by atoms with Crippen LogP contribution in [0.15, 0.2) is 22.7 Å². The van der Waals surface area contributed by atoms with Gasteiger partial charge in [-0.15, -0.1) is 0 Å². The lowest BCUT2D eigenvalue weighted by molar-refractivity contribution is -0.124. The molecule has 0 aliphatic carbocycles. The quantitative estimate of drug-likeness (QED) is 0.800. The van der Waals surface area contributed by atoms with Crippen molar-refractivity contribution in [2.75, 3.05) is 26.0 Å². The molecule has 2 rings (SSSR count). The molecule has 1 aromatic rings. The van der Waals surface area contributed by atoms with Crippen molar-refractivity contribution in [1.82, 2.24) is 9.62 Å². The minimum Gasteiger partial charge on any atom is -0.481 e. The summed E-state index contributed by atoms with van der Waals surface area (Å²) in [6, 6.07) is 4.03. The number of sulfonamides is 1. The second kappa shape index (κ2) is 7.59. The monoisotopic (exact) mass is 408 g/mol. The van der Waals surface area contributed by atoms with Crippen LogP contribution in [0.3, 0.4) is 0 Å². The Bertz CT molecular complexity index is 683. The Kier molecular flexibility index (Phi) is 5.99. The molecule has 128 valence electrons. The predicted molar refractivity (Wildman–Crippen MR) is 87.2 cm³/mol. The first-order valence-electron chi connectivity index (χ1n) is 7.08. The topological polar surface area (TPSA) is 75.7 Å². The Labute approximate surface area is 143 Å². The van der Waals surface area contributed by atoms with Gasteiger partial charge in [0.25, 0.3) is 5.91 Å². The van der Waals surface area contributed by atoms with Gasteiger partial charge in [0.15, 0.2) is 18.2 Å². The van der Waals surface area contributed by atoms with Gasteiger partial charge in [-0.1, -0.05) is 15.9 Å². The van der Waals surface area contributed by atoms with E-state index in [9.17, 15) is 17.6 Å². The average Bonchev–Trinajstić information content (AvgIpc) is 2.45. The van der Waals surface area contributed by atoms with E-state index < -0.39 is 21.7 Å². The minimum absolute atomic E-state index is 0.00948. The molecule has 6 nitrogen and oxygen atoms in total. The third-order valence-corrected chi connectivity index (χ3v) is 5.23. The third-order valence-electron chi connectivity index (χ3n) is 3.47. The highest BCUT2D eigenvalue weighted by atomic mass is 79.9. The molecule has 0 aromatic heterocycles. The minimum atomic E-state index is -3.26. The molecule has 9 heteroatoms. The molecule has 0 radical (unpaired) electrons. The third kappa shape index (κ3) is 5.43. The zero-order valence-electron chi connectivity index (χ0n) is 12.6. The van der Waals surface area contributed by atoms with Crippen molar-refractivity contribution in [3.05, 3.63) is 28.5 Å². The van der Waals surface area contributed by atoms with E-state index in [1.54, 1.807) is 6.07 Å². The number of ether oxygens (including phenoxy) is 1.